The van der Waals surface area contributed by atoms with Crippen LogP contribution in [-0.2, 0) is 14.3 Å². The third kappa shape index (κ3) is 55.9. The molecule has 416 valence electrons. The average Bonchev–Trinajstić information content (AvgIpc) is 3.36. The number of hydrogen-bond donors (Lipinski definition) is 3. The van der Waals surface area contributed by atoms with Gasteiger partial charge in [0, 0.05) is 12.8 Å². The highest BCUT2D eigenvalue weighted by Crippen LogP contribution is 2.18. The van der Waals surface area contributed by atoms with Crippen LogP contribution in [0.3, 0.4) is 0 Å². The van der Waals surface area contributed by atoms with E-state index in [0.29, 0.717) is 25.9 Å². The van der Waals surface area contributed by atoms with Gasteiger partial charge < -0.3 is 20.3 Å². The van der Waals surface area contributed by atoms with Gasteiger partial charge in [-0.1, -0.05) is 309 Å². The molecule has 0 aliphatic rings. The van der Waals surface area contributed by atoms with Crippen molar-refractivity contribution >= 4 is 11.9 Å². The van der Waals surface area contributed by atoms with E-state index in [1.807, 2.05) is 0 Å². The Morgan fingerprint density at radius 1 is 0.386 bits per heavy atom. The van der Waals surface area contributed by atoms with E-state index in [0.717, 1.165) is 44.9 Å². The third-order valence-electron chi connectivity index (χ3n) is 15.1. The summed E-state index contributed by atoms with van der Waals surface area (Å²) in [5.74, 6) is -0.0235. The molecule has 0 heterocycles. The number of allylic oxidation sites excluding steroid dienone is 2. The van der Waals surface area contributed by atoms with Gasteiger partial charge >= 0.3 is 5.97 Å². The van der Waals surface area contributed by atoms with E-state index >= 15 is 0 Å². The maximum absolute atomic E-state index is 12.5. The third-order valence-corrected chi connectivity index (χ3v) is 15.1. The molecule has 0 fully saturated rings. The van der Waals surface area contributed by atoms with E-state index < -0.39 is 12.1 Å². The number of carbonyl (C=O) groups is 2. The van der Waals surface area contributed by atoms with Crippen LogP contribution in [0.1, 0.15) is 361 Å². The Morgan fingerprint density at radius 3 is 1.01 bits per heavy atom. The molecule has 0 bridgehead atoms. The molecule has 3 N–H and O–H groups in total. The maximum atomic E-state index is 12.5. The highest BCUT2D eigenvalue weighted by Gasteiger charge is 2.20. The molecule has 0 aromatic rings. The quantitative estimate of drug-likeness (QED) is 0.0321. The molecule has 0 aliphatic heterocycles. The van der Waals surface area contributed by atoms with Gasteiger partial charge in [0.05, 0.1) is 25.4 Å². The second-order valence-corrected chi connectivity index (χ2v) is 22.1. The molecule has 0 spiro atoms. The number of amides is 1. The van der Waals surface area contributed by atoms with Crippen molar-refractivity contribution in [1.82, 2.24) is 5.32 Å². The summed E-state index contributed by atoms with van der Waals surface area (Å²) in [6, 6.07) is -0.542. The summed E-state index contributed by atoms with van der Waals surface area (Å²) >= 11 is 0. The molecule has 0 saturated heterocycles. The Bertz CT molecular complexity index is 1050. The molecule has 6 heteroatoms. The summed E-state index contributed by atoms with van der Waals surface area (Å²) in [6.45, 7) is 4.97. The van der Waals surface area contributed by atoms with E-state index in [9.17, 15) is 19.8 Å². The van der Waals surface area contributed by atoms with Crippen LogP contribution < -0.4 is 5.32 Å². The van der Waals surface area contributed by atoms with Gasteiger partial charge in [0.2, 0.25) is 5.91 Å². The Balaban J connectivity index is 3.36. The molecule has 0 saturated carbocycles. The van der Waals surface area contributed by atoms with E-state index in [4.69, 9.17) is 4.74 Å². The first-order chi connectivity index (χ1) is 34.5. The summed E-state index contributed by atoms with van der Waals surface area (Å²) in [5.41, 5.74) is 0. The predicted molar refractivity (Wildman–Crippen MR) is 306 cm³/mol. The first-order valence-electron chi connectivity index (χ1n) is 31.9. The van der Waals surface area contributed by atoms with E-state index in [1.165, 1.54) is 283 Å². The fourth-order valence-electron chi connectivity index (χ4n) is 10.2. The summed E-state index contributed by atoms with van der Waals surface area (Å²) in [5, 5.41) is 23.3. The summed E-state index contributed by atoms with van der Waals surface area (Å²) in [6.07, 6.45) is 72.2. The highest BCUT2D eigenvalue weighted by atomic mass is 16.5. The van der Waals surface area contributed by atoms with Gasteiger partial charge in [-0.2, -0.15) is 0 Å². The lowest BCUT2D eigenvalue weighted by Gasteiger charge is -2.22. The van der Waals surface area contributed by atoms with Crippen LogP contribution >= 0.6 is 0 Å². The second kappa shape index (κ2) is 60.2. The van der Waals surface area contributed by atoms with Gasteiger partial charge in [0.1, 0.15) is 0 Å². The van der Waals surface area contributed by atoms with E-state index in [2.05, 4.69) is 31.3 Å². The Kier molecular flexibility index (Phi) is 59.0. The Morgan fingerprint density at radius 2 is 0.671 bits per heavy atom. The van der Waals surface area contributed by atoms with Gasteiger partial charge in [-0.05, 0) is 51.4 Å². The number of esters is 1. The van der Waals surface area contributed by atoms with Crippen molar-refractivity contribution < 1.29 is 24.5 Å². The lowest BCUT2D eigenvalue weighted by atomic mass is 10.0. The van der Waals surface area contributed by atoms with Crippen molar-refractivity contribution in [3.63, 3.8) is 0 Å². The highest BCUT2D eigenvalue weighted by molar-refractivity contribution is 5.76. The summed E-state index contributed by atoms with van der Waals surface area (Å²) in [4.78, 5) is 24.6. The molecule has 0 aromatic heterocycles. The lowest BCUT2D eigenvalue weighted by molar-refractivity contribution is -0.143. The zero-order chi connectivity index (χ0) is 50.7. The zero-order valence-corrected chi connectivity index (χ0v) is 47.5. The Labute approximate surface area is 438 Å². The molecule has 0 aliphatic carbocycles. The fourth-order valence-corrected chi connectivity index (χ4v) is 10.2. The average molecular weight is 989 g/mol. The van der Waals surface area contributed by atoms with Crippen molar-refractivity contribution in [2.24, 2.45) is 0 Å². The Hall–Kier alpha value is -1.40. The van der Waals surface area contributed by atoms with Crippen molar-refractivity contribution in [2.75, 3.05) is 13.2 Å². The van der Waals surface area contributed by atoms with Crippen LogP contribution in [0.15, 0.2) is 12.2 Å². The molecule has 0 rings (SSSR count). The molecule has 2 atom stereocenters. The summed E-state index contributed by atoms with van der Waals surface area (Å²) in [7, 11) is 0. The van der Waals surface area contributed by atoms with Gasteiger partial charge in [-0.15, -0.1) is 0 Å². The van der Waals surface area contributed by atoms with Gasteiger partial charge in [0.15, 0.2) is 0 Å². The number of aliphatic hydroxyl groups is 2. The number of nitrogens with one attached hydrogen (secondary N) is 1. The minimum absolute atomic E-state index is 0.0111. The molecular formula is C64H125NO5. The molecule has 2 unspecified atom stereocenters. The SMILES string of the molecule is CCCCCCCC/C=C\CCCCCCCCCCCC(=O)OCCCCCCCCCCCCCCCCCCCCCCC(=O)NC(CO)C(O)CCCCCCCCCCCCCCCC. The molecule has 1 amide bonds. The van der Waals surface area contributed by atoms with Crippen molar-refractivity contribution in [3.05, 3.63) is 12.2 Å². The van der Waals surface area contributed by atoms with Gasteiger partial charge in [-0.3, -0.25) is 9.59 Å². The van der Waals surface area contributed by atoms with E-state index in [1.54, 1.807) is 0 Å². The topological polar surface area (TPSA) is 95.9 Å². The smallest absolute Gasteiger partial charge is 0.305 e. The van der Waals surface area contributed by atoms with Crippen LogP contribution in [0, 0.1) is 0 Å². The zero-order valence-electron chi connectivity index (χ0n) is 47.5. The summed E-state index contributed by atoms with van der Waals surface area (Å²) < 4.78 is 5.50. The number of hydrogen-bond acceptors (Lipinski definition) is 5. The first-order valence-corrected chi connectivity index (χ1v) is 31.9. The standard InChI is InChI=1S/C64H125NO5/c1-3-5-7-9-11-13-15-17-19-20-23-27-30-34-38-42-46-50-54-58-64(69)70-59-55-51-47-43-39-35-31-28-25-22-21-24-26-29-33-37-41-45-49-53-57-63(68)65-61(60-66)62(67)56-52-48-44-40-36-32-18-16-14-12-10-8-6-4-2/h17,19,61-62,66-67H,3-16,18,20-60H2,1-2H3,(H,65,68)/b19-17-. The second-order valence-electron chi connectivity index (χ2n) is 22.1. The number of carbonyl (C=O) groups excluding carboxylic acids is 2. The van der Waals surface area contributed by atoms with Crippen LogP contribution in [0.5, 0.6) is 0 Å². The van der Waals surface area contributed by atoms with Gasteiger partial charge in [0.25, 0.3) is 0 Å². The van der Waals surface area contributed by atoms with Crippen molar-refractivity contribution in [3.8, 4) is 0 Å². The normalized spacial score (nSPS) is 12.6. The van der Waals surface area contributed by atoms with Crippen molar-refractivity contribution in [2.45, 2.75) is 373 Å². The lowest BCUT2D eigenvalue weighted by Crippen LogP contribution is -2.45. The minimum Gasteiger partial charge on any atom is -0.466 e. The number of rotatable bonds is 60. The predicted octanol–water partition coefficient (Wildman–Crippen LogP) is 20.0. The van der Waals surface area contributed by atoms with Crippen LogP contribution in [-0.4, -0.2) is 47.4 Å². The van der Waals surface area contributed by atoms with Crippen molar-refractivity contribution in [1.29, 1.82) is 0 Å². The monoisotopic (exact) mass is 988 g/mol. The van der Waals surface area contributed by atoms with Crippen LogP contribution in [0.2, 0.25) is 0 Å². The molecule has 70 heavy (non-hydrogen) atoms. The molecule has 0 aromatic carbocycles. The molecule has 0 radical (unpaired) electrons. The first kappa shape index (κ1) is 68.6. The minimum atomic E-state index is -0.664. The molecular weight excluding hydrogens is 863 g/mol. The van der Waals surface area contributed by atoms with Crippen LogP contribution in [0.4, 0.5) is 0 Å². The van der Waals surface area contributed by atoms with Gasteiger partial charge in [-0.25, -0.2) is 0 Å². The van der Waals surface area contributed by atoms with E-state index in [-0.39, 0.29) is 18.5 Å². The maximum Gasteiger partial charge on any atom is 0.305 e. The number of ether oxygens (including phenoxy) is 1. The number of unbranched alkanes of at least 4 members (excludes halogenated alkanes) is 47. The molecule has 6 nitrogen and oxygen atoms in total. The van der Waals surface area contributed by atoms with Crippen LogP contribution in [0.25, 0.3) is 0 Å². The fraction of sp³-hybridized carbons (Fsp3) is 0.938. The largest absolute Gasteiger partial charge is 0.466 e. The number of aliphatic hydroxyl groups excluding tert-OH is 2.